The third-order valence-electron chi connectivity index (χ3n) is 4.50. The Morgan fingerprint density at radius 2 is 1.73 bits per heavy atom. The van der Waals surface area contributed by atoms with Crippen LogP contribution in [-0.4, -0.2) is 50.1 Å². The number of aliphatic carboxylic acids is 1. The minimum Gasteiger partial charge on any atom is -0.550 e. The highest BCUT2D eigenvalue weighted by Gasteiger charge is 2.22. The number of rotatable bonds is 9. The molecular formula is C23H32N2O5. The Bertz CT molecular complexity index is 857. The summed E-state index contributed by atoms with van der Waals surface area (Å²) in [4.78, 5) is 23.5. The number of nitrogens with zero attached hydrogens (tertiary/aromatic N) is 1. The van der Waals surface area contributed by atoms with Gasteiger partial charge in [-0.3, -0.25) is 4.79 Å². The van der Waals surface area contributed by atoms with Crippen LogP contribution in [0.5, 0.6) is 5.75 Å². The quantitative estimate of drug-likeness (QED) is 0.632. The van der Waals surface area contributed by atoms with Crippen LogP contribution in [0.2, 0.25) is 0 Å². The SMILES string of the molecule is CC(C)(C)c1ccc(OCc2ccc(C(=O)N[C@H](CC(=O)[O-])C[N+](C)(C)C)o2)cc1. The molecule has 1 N–H and O–H groups in total. The summed E-state index contributed by atoms with van der Waals surface area (Å²) in [5, 5.41) is 13.7. The van der Waals surface area contributed by atoms with Crippen molar-refractivity contribution in [2.24, 2.45) is 0 Å². The fourth-order valence-electron chi connectivity index (χ4n) is 3.06. The van der Waals surface area contributed by atoms with Crippen LogP contribution in [0.1, 0.15) is 49.1 Å². The number of quaternary nitrogens is 1. The number of carbonyl (C=O) groups is 2. The van der Waals surface area contributed by atoms with Gasteiger partial charge in [0, 0.05) is 12.4 Å². The molecule has 0 spiro atoms. The van der Waals surface area contributed by atoms with Crippen LogP contribution >= 0.6 is 0 Å². The molecule has 164 valence electrons. The summed E-state index contributed by atoms with van der Waals surface area (Å²) in [6.07, 6.45) is -0.261. The predicted molar refractivity (Wildman–Crippen MR) is 112 cm³/mol. The molecule has 30 heavy (non-hydrogen) atoms. The van der Waals surface area contributed by atoms with Gasteiger partial charge in [-0.15, -0.1) is 0 Å². The summed E-state index contributed by atoms with van der Waals surface area (Å²) in [6.45, 7) is 7.08. The molecule has 0 unspecified atom stereocenters. The first-order valence-corrected chi connectivity index (χ1v) is 9.97. The molecule has 0 aliphatic rings. The summed E-state index contributed by atoms with van der Waals surface area (Å²) in [5.74, 6) is -0.345. The highest BCUT2D eigenvalue weighted by molar-refractivity contribution is 5.91. The van der Waals surface area contributed by atoms with Crippen molar-refractivity contribution in [2.75, 3.05) is 27.7 Å². The van der Waals surface area contributed by atoms with Crippen molar-refractivity contribution < 1.29 is 28.3 Å². The van der Waals surface area contributed by atoms with Gasteiger partial charge in [0.05, 0.1) is 33.7 Å². The molecule has 0 aliphatic carbocycles. The molecule has 1 aromatic heterocycles. The zero-order valence-electron chi connectivity index (χ0n) is 18.7. The number of amides is 1. The first-order chi connectivity index (χ1) is 13.8. The molecule has 1 heterocycles. The number of carbonyl (C=O) groups excluding carboxylic acids is 2. The van der Waals surface area contributed by atoms with E-state index in [0.717, 1.165) is 0 Å². The van der Waals surface area contributed by atoms with Crippen LogP contribution in [0, 0.1) is 0 Å². The average molecular weight is 417 g/mol. The van der Waals surface area contributed by atoms with Gasteiger partial charge in [0.15, 0.2) is 5.76 Å². The van der Waals surface area contributed by atoms with Crippen molar-refractivity contribution in [1.82, 2.24) is 5.32 Å². The first kappa shape index (κ1) is 23.5. The van der Waals surface area contributed by atoms with Crippen LogP contribution in [-0.2, 0) is 16.8 Å². The summed E-state index contributed by atoms with van der Waals surface area (Å²) < 4.78 is 11.8. The number of furan rings is 1. The molecule has 7 nitrogen and oxygen atoms in total. The minimum absolute atomic E-state index is 0.0717. The van der Waals surface area contributed by atoms with Gasteiger partial charge in [0.25, 0.3) is 5.91 Å². The molecule has 1 atom stereocenters. The van der Waals surface area contributed by atoms with Gasteiger partial charge >= 0.3 is 0 Å². The third-order valence-corrected chi connectivity index (χ3v) is 4.50. The first-order valence-electron chi connectivity index (χ1n) is 9.97. The standard InChI is InChI=1S/C23H32N2O5/c1-23(2,3)16-7-9-18(10-8-16)29-15-19-11-12-20(30-19)22(28)24-17(13-21(26)27)14-25(4,5)6/h7-12,17H,13-15H2,1-6H3,(H-,24,26,27,28)/t17-/m1/s1. The number of hydrogen-bond acceptors (Lipinski definition) is 5. The van der Waals surface area contributed by atoms with Crippen LogP contribution in [0.25, 0.3) is 0 Å². The highest BCUT2D eigenvalue weighted by atomic mass is 16.5. The highest BCUT2D eigenvalue weighted by Crippen LogP contribution is 2.24. The molecule has 0 saturated carbocycles. The molecule has 0 saturated heterocycles. The topological polar surface area (TPSA) is 91.6 Å². The van der Waals surface area contributed by atoms with Gasteiger partial charge in [-0.2, -0.15) is 0 Å². The number of nitrogens with one attached hydrogen (secondary N) is 1. The Morgan fingerprint density at radius 1 is 1.10 bits per heavy atom. The molecule has 7 heteroatoms. The number of carboxylic acid groups (broad SMARTS) is 1. The molecule has 1 amide bonds. The summed E-state index contributed by atoms with van der Waals surface area (Å²) in [6, 6.07) is 10.5. The fraction of sp³-hybridized carbons (Fsp3) is 0.478. The summed E-state index contributed by atoms with van der Waals surface area (Å²) >= 11 is 0. The number of carboxylic acids is 1. The van der Waals surface area contributed by atoms with Crippen molar-refractivity contribution in [2.45, 2.75) is 45.3 Å². The van der Waals surface area contributed by atoms with Crippen LogP contribution in [0.4, 0.5) is 0 Å². The maximum Gasteiger partial charge on any atom is 0.287 e. The van der Waals surface area contributed by atoms with E-state index in [9.17, 15) is 14.7 Å². The third kappa shape index (κ3) is 7.55. The second kappa shape index (κ2) is 9.34. The van der Waals surface area contributed by atoms with E-state index in [1.165, 1.54) is 5.56 Å². The van der Waals surface area contributed by atoms with Gasteiger partial charge in [0.2, 0.25) is 0 Å². The smallest absolute Gasteiger partial charge is 0.287 e. The zero-order valence-corrected chi connectivity index (χ0v) is 18.7. The Morgan fingerprint density at radius 3 is 2.27 bits per heavy atom. The maximum atomic E-state index is 12.5. The summed E-state index contributed by atoms with van der Waals surface area (Å²) in [7, 11) is 5.76. The molecule has 0 fully saturated rings. The summed E-state index contributed by atoms with van der Waals surface area (Å²) in [5.41, 5.74) is 1.29. The van der Waals surface area contributed by atoms with E-state index in [1.54, 1.807) is 12.1 Å². The zero-order chi connectivity index (χ0) is 22.5. The lowest BCUT2D eigenvalue weighted by Crippen LogP contribution is -2.50. The largest absolute Gasteiger partial charge is 0.550 e. The minimum atomic E-state index is -1.21. The molecule has 0 radical (unpaired) electrons. The van der Waals surface area contributed by atoms with Crippen LogP contribution < -0.4 is 15.2 Å². The predicted octanol–water partition coefficient (Wildman–Crippen LogP) is 2.10. The molecule has 2 aromatic rings. The van der Waals surface area contributed by atoms with Crippen LogP contribution in [0.15, 0.2) is 40.8 Å². The lowest BCUT2D eigenvalue weighted by molar-refractivity contribution is -0.871. The van der Waals surface area contributed by atoms with E-state index in [2.05, 4.69) is 26.1 Å². The number of ether oxygens (including phenoxy) is 1. The molecular weight excluding hydrogens is 384 g/mol. The van der Waals surface area contributed by atoms with Gasteiger partial charge < -0.3 is 28.9 Å². The Labute approximate surface area is 178 Å². The number of hydrogen-bond donors (Lipinski definition) is 1. The maximum absolute atomic E-state index is 12.5. The van der Waals surface area contributed by atoms with Crippen molar-refractivity contribution in [3.63, 3.8) is 0 Å². The van der Waals surface area contributed by atoms with Crippen molar-refractivity contribution >= 4 is 11.9 Å². The van der Waals surface area contributed by atoms with Crippen molar-refractivity contribution in [3.8, 4) is 5.75 Å². The Hall–Kier alpha value is -2.80. The molecule has 1 aromatic carbocycles. The second-order valence-electron chi connectivity index (χ2n) is 9.55. The molecule has 2 rings (SSSR count). The Balaban J connectivity index is 1.96. The lowest BCUT2D eigenvalue weighted by Gasteiger charge is -2.29. The van der Waals surface area contributed by atoms with Gasteiger partial charge in [-0.1, -0.05) is 32.9 Å². The van der Waals surface area contributed by atoms with Crippen molar-refractivity contribution in [1.29, 1.82) is 0 Å². The van der Waals surface area contributed by atoms with Crippen molar-refractivity contribution in [3.05, 3.63) is 53.5 Å². The van der Waals surface area contributed by atoms with E-state index < -0.39 is 17.9 Å². The second-order valence-corrected chi connectivity index (χ2v) is 9.55. The van der Waals surface area contributed by atoms with E-state index in [4.69, 9.17) is 9.15 Å². The molecule has 0 aliphatic heterocycles. The number of likely N-dealkylation sites (N-methyl/N-ethyl adjacent to an activating group) is 1. The monoisotopic (exact) mass is 416 g/mol. The van der Waals surface area contributed by atoms with E-state index >= 15 is 0 Å². The van der Waals surface area contributed by atoms with Gasteiger partial charge in [0.1, 0.15) is 18.1 Å². The number of benzene rings is 1. The normalized spacial score (nSPS) is 13.0. The Kier molecular flexibility index (Phi) is 7.31. The fourth-order valence-corrected chi connectivity index (χ4v) is 3.06. The van der Waals surface area contributed by atoms with Gasteiger partial charge in [-0.25, -0.2) is 0 Å². The van der Waals surface area contributed by atoms with E-state index in [1.807, 2.05) is 45.4 Å². The lowest BCUT2D eigenvalue weighted by atomic mass is 9.87. The molecule has 0 bridgehead atoms. The van der Waals surface area contributed by atoms with Crippen LogP contribution in [0.3, 0.4) is 0 Å². The van der Waals surface area contributed by atoms with Gasteiger partial charge in [-0.05, 0) is 35.2 Å². The van der Waals surface area contributed by atoms with E-state index in [-0.39, 0.29) is 24.2 Å². The average Bonchev–Trinajstić information content (AvgIpc) is 3.06. The van der Waals surface area contributed by atoms with E-state index in [0.29, 0.717) is 22.5 Å².